The average Bonchev–Trinajstić information content (AvgIpc) is 2.89. The van der Waals surface area contributed by atoms with Gasteiger partial charge in [0.1, 0.15) is 0 Å². The van der Waals surface area contributed by atoms with Gasteiger partial charge >= 0.3 is 0 Å². The molecule has 19 heavy (non-hydrogen) atoms. The minimum atomic E-state index is 0. The summed E-state index contributed by atoms with van der Waals surface area (Å²) in [6.45, 7) is 4.96. The maximum atomic E-state index is 2.60. The molecule has 4 heteroatoms. The molecule has 1 aliphatic rings. The van der Waals surface area contributed by atoms with Crippen LogP contribution in [0, 0.1) is 0 Å². The predicted octanol–water partition coefficient (Wildman–Crippen LogP) is 5.29. The third kappa shape index (κ3) is 12.4. The first kappa shape index (κ1) is 19.9. The Morgan fingerprint density at radius 3 is 2.26 bits per heavy atom. The number of rotatable bonds is 12. The largest absolute Gasteiger partial charge is 0.293 e. The fourth-order valence-corrected chi connectivity index (χ4v) is 4.31. The summed E-state index contributed by atoms with van der Waals surface area (Å²) in [5.41, 5.74) is 0. The molecular weight excluding hydrogens is 294 g/mol. The molecule has 0 amide bonds. The Morgan fingerprint density at radius 1 is 0.947 bits per heavy atom. The molecule has 0 aromatic carbocycles. The van der Waals surface area contributed by atoms with Crippen LogP contribution in [0.5, 0.6) is 0 Å². The molecule has 0 N–H and O–H groups in total. The quantitative estimate of drug-likeness (QED) is 0.449. The van der Waals surface area contributed by atoms with E-state index >= 15 is 0 Å². The van der Waals surface area contributed by atoms with Crippen LogP contribution < -0.4 is 0 Å². The molecule has 0 atom stereocenters. The zero-order chi connectivity index (χ0) is 12.9. The molecule has 1 fully saturated rings. The summed E-state index contributed by atoms with van der Waals surface area (Å²) in [4.78, 5) is 2.60. The average molecular weight is 326 g/mol. The number of thioether (sulfide) groups is 2. The van der Waals surface area contributed by atoms with Crippen LogP contribution in [0.25, 0.3) is 0 Å². The van der Waals surface area contributed by atoms with Crippen molar-refractivity contribution in [1.29, 1.82) is 0 Å². The highest BCUT2D eigenvalue weighted by Crippen LogP contribution is 2.15. The van der Waals surface area contributed by atoms with Crippen LogP contribution in [0.3, 0.4) is 0 Å². The topological polar surface area (TPSA) is 3.24 Å². The van der Waals surface area contributed by atoms with Crippen molar-refractivity contribution in [2.75, 3.05) is 36.2 Å². The Bertz CT molecular complexity index is 176. The lowest BCUT2D eigenvalue weighted by molar-refractivity contribution is 0.344. The first-order valence-electron chi connectivity index (χ1n) is 7.81. The van der Waals surface area contributed by atoms with Crippen LogP contribution in [-0.2, 0) is 0 Å². The molecule has 0 saturated carbocycles. The SMILES string of the molecule is CCCCCCSCCCCCCN1CCSC1.Cl. The molecule has 116 valence electrons. The number of hydrogen-bond donors (Lipinski definition) is 0. The van der Waals surface area contributed by atoms with E-state index in [2.05, 4.69) is 35.3 Å². The van der Waals surface area contributed by atoms with Crippen LogP contribution in [-0.4, -0.2) is 41.1 Å². The Morgan fingerprint density at radius 2 is 1.63 bits per heavy atom. The maximum Gasteiger partial charge on any atom is 0.0445 e. The summed E-state index contributed by atoms with van der Waals surface area (Å²) < 4.78 is 0. The van der Waals surface area contributed by atoms with E-state index in [-0.39, 0.29) is 12.4 Å². The van der Waals surface area contributed by atoms with Crippen molar-refractivity contribution in [3.8, 4) is 0 Å². The van der Waals surface area contributed by atoms with Gasteiger partial charge in [-0.2, -0.15) is 11.8 Å². The molecular formula is C15H32ClNS2. The van der Waals surface area contributed by atoms with Crippen molar-refractivity contribution in [3.63, 3.8) is 0 Å². The van der Waals surface area contributed by atoms with Crippen LogP contribution >= 0.6 is 35.9 Å². The fourth-order valence-electron chi connectivity index (χ4n) is 2.25. The van der Waals surface area contributed by atoms with E-state index in [4.69, 9.17) is 0 Å². The molecule has 1 saturated heterocycles. The monoisotopic (exact) mass is 325 g/mol. The minimum absolute atomic E-state index is 0. The van der Waals surface area contributed by atoms with E-state index in [0.29, 0.717) is 0 Å². The first-order valence-corrected chi connectivity index (χ1v) is 10.1. The highest BCUT2D eigenvalue weighted by atomic mass is 35.5. The highest BCUT2D eigenvalue weighted by Gasteiger charge is 2.10. The van der Waals surface area contributed by atoms with Crippen LogP contribution in [0.2, 0.25) is 0 Å². The van der Waals surface area contributed by atoms with Gasteiger partial charge in [-0.15, -0.1) is 24.2 Å². The van der Waals surface area contributed by atoms with Gasteiger partial charge in [-0.25, -0.2) is 0 Å². The summed E-state index contributed by atoms with van der Waals surface area (Å²) in [5, 5.41) is 0. The number of halogens is 1. The molecule has 0 unspecified atom stereocenters. The summed E-state index contributed by atoms with van der Waals surface area (Å²) in [7, 11) is 0. The van der Waals surface area contributed by atoms with E-state index < -0.39 is 0 Å². The number of nitrogens with zero attached hydrogens (tertiary/aromatic N) is 1. The van der Waals surface area contributed by atoms with E-state index in [9.17, 15) is 0 Å². The Hall–Kier alpha value is 0.950. The molecule has 0 aliphatic carbocycles. The number of hydrogen-bond acceptors (Lipinski definition) is 3. The lowest BCUT2D eigenvalue weighted by atomic mass is 10.2. The van der Waals surface area contributed by atoms with Crippen LogP contribution in [0.1, 0.15) is 58.3 Å². The van der Waals surface area contributed by atoms with Crippen LogP contribution in [0.15, 0.2) is 0 Å². The molecule has 0 aromatic rings. The smallest absolute Gasteiger partial charge is 0.0445 e. The second-order valence-corrected chi connectivity index (χ2v) is 7.54. The summed E-state index contributed by atoms with van der Waals surface area (Å²) in [6.07, 6.45) is 11.4. The molecule has 1 heterocycles. The molecule has 0 bridgehead atoms. The minimum Gasteiger partial charge on any atom is -0.293 e. The lowest BCUT2D eigenvalue weighted by Gasteiger charge is -2.12. The molecule has 1 aliphatic heterocycles. The number of unbranched alkanes of at least 4 members (excludes halogenated alkanes) is 6. The van der Waals surface area contributed by atoms with Gasteiger partial charge in [-0.1, -0.05) is 39.0 Å². The maximum absolute atomic E-state index is 2.60. The summed E-state index contributed by atoms with van der Waals surface area (Å²) >= 11 is 4.26. The normalized spacial score (nSPS) is 15.6. The lowest BCUT2D eigenvalue weighted by Crippen LogP contribution is -2.20. The van der Waals surface area contributed by atoms with Gasteiger partial charge in [0.25, 0.3) is 0 Å². The Balaban J connectivity index is 0.00000324. The van der Waals surface area contributed by atoms with Crippen molar-refractivity contribution in [2.24, 2.45) is 0 Å². The third-order valence-electron chi connectivity index (χ3n) is 3.48. The van der Waals surface area contributed by atoms with E-state index in [1.54, 1.807) is 0 Å². The van der Waals surface area contributed by atoms with Gasteiger partial charge in [-0.3, -0.25) is 4.90 Å². The molecule has 0 radical (unpaired) electrons. The van der Waals surface area contributed by atoms with Gasteiger partial charge in [0.05, 0.1) is 0 Å². The van der Waals surface area contributed by atoms with Gasteiger partial charge < -0.3 is 0 Å². The molecule has 1 rings (SSSR count). The van der Waals surface area contributed by atoms with Crippen molar-refractivity contribution >= 4 is 35.9 Å². The molecule has 0 spiro atoms. The van der Waals surface area contributed by atoms with Crippen LogP contribution in [0.4, 0.5) is 0 Å². The van der Waals surface area contributed by atoms with Gasteiger partial charge in [0.2, 0.25) is 0 Å². The molecule has 0 aromatic heterocycles. The second-order valence-electron chi connectivity index (χ2n) is 5.24. The zero-order valence-corrected chi connectivity index (χ0v) is 15.0. The Labute approximate surface area is 135 Å². The van der Waals surface area contributed by atoms with Crippen molar-refractivity contribution < 1.29 is 0 Å². The van der Waals surface area contributed by atoms with E-state index in [1.807, 2.05) is 0 Å². The predicted molar refractivity (Wildman–Crippen MR) is 96.1 cm³/mol. The fraction of sp³-hybridized carbons (Fsp3) is 1.00. The third-order valence-corrected chi connectivity index (χ3v) is 5.65. The first-order chi connectivity index (χ1) is 8.93. The zero-order valence-electron chi connectivity index (χ0n) is 12.6. The standard InChI is InChI=1S/C15H31NS2.ClH/c1-2-3-4-8-12-17-13-9-6-5-7-10-16-11-14-18-15-16;/h2-15H2,1H3;1H. The summed E-state index contributed by atoms with van der Waals surface area (Å²) in [6, 6.07) is 0. The summed E-state index contributed by atoms with van der Waals surface area (Å²) in [5.74, 6) is 5.43. The van der Waals surface area contributed by atoms with Crippen molar-refractivity contribution in [1.82, 2.24) is 4.90 Å². The van der Waals surface area contributed by atoms with Crippen molar-refractivity contribution in [2.45, 2.75) is 58.3 Å². The van der Waals surface area contributed by atoms with Gasteiger partial charge in [0, 0.05) is 18.2 Å². The van der Waals surface area contributed by atoms with Gasteiger partial charge in [-0.05, 0) is 37.3 Å². The van der Waals surface area contributed by atoms with Gasteiger partial charge in [0.15, 0.2) is 0 Å². The van der Waals surface area contributed by atoms with E-state index in [1.165, 1.54) is 87.6 Å². The highest BCUT2D eigenvalue weighted by molar-refractivity contribution is 7.99. The second kappa shape index (κ2) is 15.3. The van der Waals surface area contributed by atoms with Crippen molar-refractivity contribution in [3.05, 3.63) is 0 Å². The Kier molecular flexibility index (Phi) is 16.1. The molecule has 1 nitrogen and oxygen atoms in total. The van der Waals surface area contributed by atoms with E-state index in [0.717, 1.165) is 0 Å².